The van der Waals surface area contributed by atoms with Crippen molar-refractivity contribution in [1.29, 1.82) is 0 Å². The number of hydrogen-bond acceptors (Lipinski definition) is 6. The first-order chi connectivity index (χ1) is 16.4. The van der Waals surface area contributed by atoms with Gasteiger partial charge in [-0.1, -0.05) is 60.7 Å². The molecule has 1 aromatic heterocycles. The maximum Gasteiger partial charge on any atom is 0.408 e. The highest BCUT2D eigenvalue weighted by atomic mass is 16.6. The summed E-state index contributed by atoms with van der Waals surface area (Å²) in [7, 11) is 0. The van der Waals surface area contributed by atoms with E-state index < -0.39 is 23.7 Å². The van der Waals surface area contributed by atoms with Crippen LogP contribution in [0.2, 0.25) is 0 Å². The number of aryl methyl sites for hydroxylation is 2. The van der Waals surface area contributed by atoms with Gasteiger partial charge in [0.2, 0.25) is 0 Å². The molecule has 3 aromatic carbocycles. The molecule has 1 N–H and O–H groups in total. The lowest BCUT2D eigenvalue weighted by Crippen LogP contribution is -2.36. The highest BCUT2D eigenvalue weighted by molar-refractivity contribution is 5.91. The Morgan fingerprint density at radius 3 is 2.32 bits per heavy atom. The van der Waals surface area contributed by atoms with Gasteiger partial charge in [0.25, 0.3) is 0 Å². The van der Waals surface area contributed by atoms with E-state index in [0.717, 1.165) is 11.1 Å². The van der Waals surface area contributed by atoms with Crippen molar-refractivity contribution in [3.8, 4) is 5.75 Å². The van der Waals surface area contributed by atoms with Gasteiger partial charge >= 0.3 is 17.7 Å². The molecule has 1 heterocycles. The monoisotopic (exact) mass is 457 g/mol. The van der Waals surface area contributed by atoms with E-state index in [1.54, 1.807) is 56.3 Å². The largest absolute Gasteiger partial charge is 0.445 e. The van der Waals surface area contributed by atoms with E-state index in [1.807, 2.05) is 30.3 Å². The molecule has 0 radical (unpaired) electrons. The molecule has 0 saturated carbocycles. The normalized spacial score (nSPS) is 11.6. The smallest absolute Gasteiger partial charge is 0.408 e. The summed E-state index contributed by atoms with van der Waals surface area (Å²) < 4.78 is 16.3. The van der Waals surface area contributed by atoms with Crippen molar-refractivity contribution in [1.82, 2.24) is 5.32 Å². The zero-order valence-electron chi connectivity index (χ0n) is 18.7. The number of nitrogens with one attached hydrogen (secondary N) is 1. The number of benzene rings is 3. The predicted molar refractivity (Wildman–Crippen MR) is 127 cm³/mol. The van der Waals surface area contributed by atoms with Gasteiger partial charge in [-0.2, -0.15) is 0 Å². The van der Waals surface area contributed by atoms with Gasteiger partial charge in [-0.05, 0) is 48.2 Å². The maximum atomic E-state index is 13.3. The van der Waals surface area contributed by atoms with Crippen LogP contribution in [0.5, 0.6) is 5.75 Å². The molecule has 0 saturated heterocycles. The highest BCUT2D eigenvalue weighted by Gasteiger charge is 2.26. The minimum Gasteiger partial charge on any atom is -0.445 e. The Labute approximate surface area is 195 Å². The summed E-state index contributed by atoms with van der Waals surface area (Å²) in [4.78, 5) is 37.6. The highest BCUT2D eigenvalue weighted by Crippen LogP contribution is 2.30. The lowest BCUT2D eigenvalue weighted by molar-refractivity contribution is -0.136. The number of carbonyl (C=O) groups excluding carboxylic acids is 2. The Morgan fingerprint density at radius 1 is 0.941 bits per heavy atom. The van der Waals surface area contributed by atoms with Crippen molar-refractivity contribution in [3.63, 3.8) is 0 Å². The van der Waals surface area contributed by atoms with Gasteiger partial charge < -0.3 is 19.2 Å². The molecule has 0 aliphatic rings. The minimum absolute atomic E-state index is 0.0595. The van der Waals surface area contributed by atoms with Crippen LogP contribution in [0, 0.1) is 13.8 Å². The summed E-state index contributed by atoms with van der Waals surface area (Å²) in [6.07, 6.45) is -0.758. The SMILES string of the molecule is Cc1cc(OC(=O)[C@@H](NC(=O)OCc2ccccc2)c2ccccc2)c2c(C)cc(=O)oc2c1. The van der Waals surface area contributed by atoms with Crippen LogP contribution < -0.4 is 15.7 Å². The number of hydrogen-bond donors (Lipinski definition) is 1. The summed E-state index contributed by atoms with van der Waals surface area (Å²) in [5.41, 5.74) is 2.54. The summed E-state index contributed by atoms with van der Waals surface area (Å²) in [5, 5.41) is 3.11. The van der Waals surface area contributed by atoms with E-state index in [1.165, 1.54) is 6.07 Å². The van der Waals surface area contributed by atoms with Crippen LogP contribution in [0.1, 0.15) is 28.3 Å². The molecule has 7 heteroatoms. The van der Waals surface area contributed by atoms with Gasteiger partial charge in [0.15, 0.2) is 6.04 Å². The average molecular weight is 457 g/mol. The van der Waals surface area contributed by atoms with Crippen LogP contribution >= 0.6 is 0 Å². The number of ether oxygens (including phenoxy) is 2. The lowest BCUT2D eigenvalue weighted by Gasteiger charge is -2.19. The summed E-state index contributed by atoms with van der Waals surface area (Å²) in [5.74, 6) is -0.470. The zero-order valence-corrected chi connectivity index (χ0v) is 18.7. The molecule has 0 fully saturated rings. The molecule has 4 rings (SSSR count). The molecule has 34 heavy (non-hydrogen) atoms. The van der Waals surface area contributed by atoms with Crippen LogP contribution in [0.4, 0.5) is 4.79 Å². The Morgan fingerprint density at radius 2 is 1.62 bits per heavy atom. The molecule has 7 nitrogen and oxygen atoms in total. The fraction of sp³-hybridized carbons (Fsp3) is 0.148. The number of rotatable bonds is 6. The van der Waals surface area contributed by atoms with E-state index in [2.05, 4.69) is 5.32 Å². The zero-order chi connectivity index (χ0) is 24.1. The molecule has 0 aliphatic carbocycles. The fourth-order valence-corrected chi connectivity index (χ4v) is 3.63. The first-order valence-corrected chi connectivity index (χ1v) is 10.7. The third-order valence-electron chi connectivity index (χ3n) is 5.20. The fourth-order valence-electron chi connectivity index (χ4n) is 3.63. The van der Waals surface area contributed by atoms with E-state index >= 15 is 0 Å². The molecule has 1 amide bonds. The van der Waals surface area contributed by atoms with Crippen LogP contribution in [-0.2, 0) is 16.1 Å². The molecule has 4 aromatic rings. The first kappa shape index (κ1) is 22.8. The van der Waals surface area contributed by atoms with Crippen molar-refractivity contribution >= 4 is 23.0 Å². The molecule has 1 atom stereocenters. The second kappa shape index (κ2) is 10.0. The number of carbonyl (C=O) groups is 2. The van der Waals surface area contributed by atoms with Gasteiger partial charge in [0.1, 0.15) is 17.9 Å². The standard InChI is InChI=1S/C27H23NO6/c1-17-13-21-24(18(2)15-23(29)33-21)22(14-17)34-26(30)25(20-11-7-4-8-12-20)28-27(31)32-16-19-9-5-3-6-10-19/h3-15,25H,16H2,1-2H3,(H,28,31)/t25-/m0/s1. The Bertz CT molecular complexity index is 1380. The summed E-state index contributed by atoms with van der Waals surface area (Å²) in [6, 6.07) is 21.6. The molecule has 0 unspecified atom stereocenters. The third-order valence-corrected chi connectivity index (χ3v) is 5.20. The van der Waals surface area contributed by atoms with Crippen LogP contribution in [0.3, 0.4) is 0 Å². The van der Waals surface area contributed by atoms with Gasteiger partial charge in [-0.25, -0.2) is 14.4 Å². The molecule has 0 aliphatic heterocycles. The number of alkyl carbamates (subject to hydrolysis) is 1. The predicted octanol–water partition coefficient (Wildman–Crippen LogP) is 4.98. The van der Waals surface area contributed by atoms with Gasteiger partial charge in [-0.15, -0.1) is 0 Å². The van der Waals surface area contributed by atoms with Gasteiger partial charge in [0.05, 0.1) is 5.39 Å². The minimum atomic E-state index is -1.11. The summed E-state index contributed by atoms with van der Waals surface area (Å²) >= 11 is 0. The average Bonchev–Trinajstić information content (AvgIpc) is 2.81. The van der Waals surface area contributed by atoms with Crippen LogP contribution in [0.25, 0.3) is 11.0 Å². The Balaban J connectivity index is 1.59. The first-order valence-electron chi connectivity index (χ1n) is 10.7. The second-order valence-electron chi connectivity index (χ2n) is 7.86. The van der Waals surface area contributed by atoms with Crippen molar-refractivity contribution in [2.45, 2.75) is 26.5 Å². The van der Waals surface area contributed by atoms with E-state index in [-0.39, 0.29) is 12.4 Å². The molecule has 0 spiro atoms. The van der Waals surface area contributed by atoms with Gasteiger partial charge in [-0.3, -0.25) is 0 Å². The van der Waals surface area contributed by atoms with Crippen LogP contribution in [0.15, 0.2) is 88.1 Å². The van der Waals surface area contributed by atoms with Gasteiger partial charge in [0, 0.05) is 6.07 Å². The van der Waals surface area contributed by atoms with Crippen LogP contribution in [-0.4, -0.2) is 12.1 Å². The number of esters is 1. The van der Waals surface area contributed by atoms with E-state index in [4.69, 9.17) is 13.9 Å². The molecule has 0 bridgehead atoms. The van der Waals surface area contributed by atoms with Crippen molar-refractivity contribution < 1.29 is 23.5 Å². The van der Waals surface area contributed by atoms with Crippen molar-refractivity contribution in [2.24, 2.45) is 0 Å². The molecular weight excluding hydrogens is 434 g/mol. The number of amides is 1. The lowest BCUT2D eigenvalue weighted by atomic mass is 10.1. The third kappa shape index (κ3) is 5.32. The van der Waals surface area contributed by atoms with E-state index in [0.29, 0.717) is 22.1 Å². The quantitative estimate of drug-likeness (QED) is 0.249. The second-order valence-corrected chi connectivity index (χ2v) is 7.86. The topological polar surface area (TPSA) is 94.8 Å². The molecular formula is C27H23NO6. The Kier molecular flexibility index (Phi) is 6.73. The van der Waals surface area contributed by atoms with E-state index in [9.17, 15) is 14.4 Å². The van der Waals surface area contributed by atoms with Crippen molar-refractivity contribution in [3.05, 3.63) is 112 Å². The maximum absolute atomic E-state index is 13.3. The Hall–Kier alpha value is -4.39. The number of fused-ring (bicyclic) bond motifs is 1. The summed E-state index contributed by atoms with van der Waals surface area (Å²) in [6.45, 7) is 3.59. The van der Waals surface area contributed by atoms with Crippen molar-refractivity contribution in [2.75, 3.05) is 0 Å². The molecule has 172 valence electrons.